The molecule has 2 rings (SSSR count). The lowest BCUT2D eigenvalue weighted by atomic mass is 10.3. The van der Waals surface area contributed by atoms with Crippen LogP contribution in [0.5, 0.6) is 11.5 Å². The van der Waals surface area contributed by atoms with Crippen LogP contribution in [0, 0.1) is 0 Å². The number of benzene rings is 1. The number of nitrogens with zero attached hydrogens (tertiary/aromatic N) is 2. The monoisotopic (exact) mass is 236 g/mol. The molecule has 3 nitrogen and oxygen atoms in total. The highest BCUT2D eigenvalue weighted by Gasteiger charge is 2.12. The van der Waals surface area contributed by atoms with Gasteiger partial charge in [0.05, 0.1) is 6.20 Å². The molecule has 0 N–H and O–H groups in total. The van der Waals surface area contributed by atoms with Crippen LogP contribution in [0.2, 0.25) is 5.15 Å². The maximum Gasteiger partial charge on any atom is 0.184 e. The summed E-state index contributed by atoms with van der Waals surface area (Å²) >= 11 is 6.14. The first-order chi connectivity index (χ1) is 7.68. The Labute approximate surface area is 99.6 Å². The predicted molar refractivity (Wildman–Crippen MR) is 64.1 cm³/mol. The summed E-state index contributed by atoms with van der Waals surface area (Å²) < 4.78 is 7.35. The van der Waals surface area contributed by atoms with E-state index in [1.807, 2.05) is 44.2 Å². The third kappa shape index (κ3) is 2.19. The van der Waals surface area contributed by atoms with E-state index in [2.05, 4.69) is 5.10 Å². The van der Waals surface area contributed by atoms with E-state index in [0.717, 1.165) is 5.75 Å². The van der Waals surface area contributed by atoms with E-state index in [9.17, 15) is 0 Å². The van der Waals surface area contributed by atoms with Gasteiger partial charge < -0.3 is 4.74 Å². The average molecular weight is 237 g/mol. The fourth-order valence-electron chi connectivity index (χ4n) is 1.38. The first kappa shape index (κ1) is 11.0. The van der Waals surface area contributed by atoms with Gasteiger partial charge in [0.2, 0.25) is 0 Å². The molecule has 0 bridgehead atoms. The molecular formula is C12H13ClN2O. The van der Waals surface area contributed by atoms with E-state index in [4.69, 9.17) is 16.3 Å². The van der Waals surface area contributed by atoms with Crippen LogP contribution in [0.25, 0.3) is 0 Å². The van der Waals surface area contributed by atoms with Crippen LogP contribution < -0.4 is 4.74 Å². The molecule has 0 aliphatic heterocycles. The van der Waals surface area contributed by atoms with Crippen molar-refractivity contribution >= 4 is 11.6 Å². The summed E-state index contributed by atoms with van der Waals surface area (Å²) in [5, 5.41) is 4.70. The van der Waals surface area contributed by atoms with Crippen LogP contribution in [0.1, 0.15) is 19.9 Å². The Balaban J connectivity index is 2.23. The van der Waals surface area contributed by atoms with E-state index in [0.29, 0.717) is 10.9 Å². The van der Waals surface area contributed by atoms with E-state index in [-0.39, 0.29) is 6.04 Å². The average Bonchev–Trinajstić information content (AvgIpc) is 2.62. The minimum Gasteiger partial charge on any atom is -0.452 e. The van der Waals surface area contributed by atoms with Crippen LogP contribution in [-0.4, -0.2) is 9.78 Å². The summed E-state index contributed by atoms with van der Waals surface area (Å²) in [6.07, 6.45) is 1.63. The Morgan fingerprint density at radius 2 is 1.94 bits per heavy atom. The van der Waals surface area contributed by atoms with E-state index < -0.39 is 0 Å². The van der Waals surface area contributed by atoms with Crippen molar-refractivity contribution in [3.63, 3.8) is 0 Å². The largest absolute Gasteiger partial charge is 0.452 e. The summed E-state index contributed by atoms with van der Waals surface area (Å²) in [7, 11) is 0. The maximum atomic E-state index is 6.14. The molecule has 16 heavy (non-hydrogen) atoms. The third-order valence-electron chi connectivity index (χ3n) is 2.16. The number of rotatable bonds is 3. The van der Waals surface area contributed by atoms with Gasteiger partial charge in [-0.25, -0.2) is 4.68 Å². The molecule has 0 spiro atoms. The zero-order valence-electron chi connectivity index (χ0n) is 9.22. The van der Waals surface area contributed by atoms with Gasteiger partial charge in [-0.05, 0) is 26.0 Å². The fourth-order valence-corrected chi connectivity index (χ4v) is 1.70. The van der Waals surface area contributed by atoms with Gasteiger partial charge in [0, 0.05) is 6.04 Å². The van der Waals surface area contributed by atoms with Crippen molar-refractivity contribution in [2.45, 2.75) is 19.9 Å². The van der Waals surface area contributed by atoms with Crippen LogP contribution in [-0.2, 0) is 0 Å². The van der Waals surface area contributed by atoms with Gasteiger partial charge in [-0.3, -0.25) is 0 Å². The van der Waals surface area contributed by atoms with Crippen molar-refractivity contribution in [1.82, 2.24) is 9.78 Å². The van der Waals surface area contributed by atoms with Crippen LogP contribution in [0.15, 0.2) is 36.5 Å². The quantitative estimate of drug-likeness (QED) is 0.808. The molecule has 2 aromatic rings. The van der Waals surface area contributed by atoms with Gasteiger partial charge in [-0.15, -0.1) is 0 Å². The smallest absolute Gasteiger partial charge is 0.184 e. The van der Waals surface area contributed by atoms with Crippen molar-refractivity contribution in [3.05, 3.63) is 41.7 Å². The van der Waals surface area contributed by atoms with Crippen molar-refractivity contribution in [1.29, 1.82) is 0 Å². The minimum absolute atomic E-state index is 0.223. The molecular weight excluding hydrogens is 224 g/mol. The second-order valence-corrected chi connectivity index (χ2v) is 4.11. The standard InChI is InChI=1S/C12H13ClN2O/c1-9(2)15-12(13)11(8-14-15)16-10-6-4-3-5-7-10/h3-9H,1-2H3. The van der Waals surface area contributed by atoms with E-state index >= 15 is 0 Å². The SMILES string of the molecule is CC(C)n1ncc(Oc2ccccc2)c1Cl. The molecule has 84 valence electrons. The van der Waals surface area contributed by atoms with Gasteiger partial charge >= 0.3 is 0 Å². The van der Waals surface area contributed by atoms with Crippen molar-refractivity contribution in [2.75, 3.05) is 0 Å². The Morgan fingerprint density at radius 1 is 1.25 bits per heavy atom. The molecule has 1 heterocycles. The summed E-state index contributed by atoms with van der Waals surface area (Å²) in [6, 6.07) is 9.74. The lowest BCUT2D eigenvalue weighted by Gasteiger charge is -2.07. The number of hydrogen-bond acceptors (Lipinski definition) is 2. The summed E-state index contributed by atoms with van der Waals surface area (Å²) in [4.78, 5) is 0. The maximum absolute atomic E-state index is 6.14. The molecule has 0 amide bonds. The zero-order chi connectivity index (χ0) is 11.5. The van der Waals surface area contributed by atoms with Crippen LogP contribution in [0.4, 0.5) is 0 Å². The number of ether oxygens (including phenoxy) is 1. The first-order valence-electron chi connectivity index (χ1n) is 5.14. The highest BCUT2D eigenvalue weighted by Crippen LogP contribution is 2.30. The molecule has 0 fully saturated rings. The van der Waals surface area contributed by atoms with Crippen molar-refractivity contribution in [2.24, 2.45) is 0 Å². The molecule has 0 saturated carbocycles. The summed E-state index contributed by atoms with van der Waals surface area (Å²) in [6.45, 7) is 4.04. The van der Waals surface area contributed by atoms with Gasteiger partial charge in [-0.1, -0.05) is 29.8 Å². The Bertz CT molecular complexity index is 465. The van der Waals surface area contributed by atoms with Gasteiger partial charge in [0.15, 0.2) is 10.9 Å². The molecule has 1 aromatic carbocycles. The Hall–Kier alpha value is -1.48. The molecule has 0 atom stereocenters. The Morgan fingerprint density at radius 3 is 2.50 bits per heavy atom. The molecule has 0 radical (unpaired) electrons. The summed E-state index contributed by atoms with van der Waals surface area (Å²) in [5.74, 6) is 1.34. The molecule has 0 aliphatic carbocycles. The number of hydrogen-bond donors (Lipinski definition) is 0. The molecule has 1 aromatic heterocycles. The predicted octanol–water partition coefficient (Wildman–Crippen LogP) is 3.91. The topological polar surface area (TPSA) is 27.1 Å². The Kier molecular flexibility index (Phi) is 3.15. The van der Waals surface area contributed by atoms with Crippen LogP contribution in [0.3, 0.4) is 0 Å². The van der Waals surface area contributed by atoms with Crippen molar-refractivity contribution in [3.8, 4) is 11.5 Å². The molecule has 0 aliphatic rings. The second kappa shape index (κ2) is 4.58. The van der Waals surface area contributed by atoms with E-state index in [1.165, 1.54) is 0 Å². The van der Waals surface area contributed by atoms with Gasteiger partial charge in [0.1, 0.15) is 5.75 Å². The highest BCUT2D eigenvalue weighted by atomic mass is 35.5. The molecule has 4 heteroatoms. The van der Waals surface area contributed by atoms with Crippen LogP contribution >= 0.6 is 11.6 Å². The lowest BCUT2D eigenvalue weighted by Crippen LogP contribution is -2.02. The first-order valence-corrected chi connectivity index (χ1v) is 5.52. The molecule has 0 saturated heterocycles. The number of aromatic nitrogens is 2. The molecule has 0 unspecified atom stereocenters. The second-order valence-electron chi connectivity index (χ2n) is 3.75. The fraction of sp³-hybridized carbons (Fsp3) is 0.250. The highest BCUT2D eigenvalue weighted by molar-refractivity contribution is 6.31. The number of halogens is 1. The van der Waals surface area contributed by atoms with Gasteiger partial charge in [-0.2, -0.15) is 5.10 Å². The normalized spacial score (nSPS) is 10.8. The van der Waals surface area contributed by atoms with Gasteiger partial charge in [0.25, 0.3) is 0 Å². The minimum atomic E-state index is 0.223. The third-order valence-corrected chi connectivity index (χ3v) is 2.52. The van der Waals surface area contributed by atoms with Crippen molar-refractivity contribution < 1.29 is 4.74 Å². The summed E-state index contributed by atoms with van der Waals surface area (Å²) in [5.41, 5.74) is 0. The van der Waals surface area contributed by atoms with E-state index in [1.54, 1.807) is 10.9 Å². The lowest BCUT2D eigenvalue weighted by molar-refractivity contribution is 0.477. The zero-order valence-corrected chi connectivity index (χ0v) is 9.98. The number of para-hydroxylation sites is 1.